The van der Waals surface area contributed by atoms with Gasteiger partial charge in [-0.1, -0.05) is 12.1 Å². The molecule has 0 bridgehead atoms. The van der Waals surface area contributed by atoms with Gasteiger partial charge in [-0.3, -0.25) is 0 Å². The number of nitrogens with zero attached hydrogens (tertiary/aromatic N) is 1. The minimum absolute atomic E-state index is 0.0750. The van der Waals surface area contributed by atoms with Crippen molar-refractivity contribution in [1.29, 1.82) is 5.26 Å². The molecule has 1 unspecified atom stereocenters. The average Bonchev–Trinajstić information content (AvgIpc) is 2.60. The minimum Gasteiger partial charge on any atom is -0.497 e. The van der Waals surface area contributed by atoms with Gasteiger partial charge in [0.25, 0.3) is 0 Å². The lowest BCUT2D eigenvalue weighted by molar-refractivity contribution is -0.139. The lowest BCUT2D eigenvalue weighted by Crippen LogP contribution is -2.26. The summed E-state index contributed by atoms with van der Waals surface area (Å²) in [6, 6.07) is 9.04. The molecule has 1 aliphatic rings. The molecule has 126 valence electrons. The maximum atomic E-state index is 12.5. The van der Waals surface area contributed by atoms with Gasteiger partial charge in [0.15, 0.2) is 0 Å². The fraction of sp³-hybridized carbons (Fsp3) is 0.294. The molecule has 0 saturated heterocycles. The number of rotatable bonds is 5. The summed E-state index contributed by atoms with van der Waals surface area (Å²) in [5.41, 5.74) is 6.80. The molecule has 2 N–H and O–H groups in total. The third kappa shape index (κ3) is 3.31. The predicted octanol–water partition coefficient (Wildman–Crippen LogP) is 2.56. The van der Waals surface area contributed by atoms with Crippen LogP contribution >= 0.6 is 11.6 Å². The number of halogens is 1. The van der Waals surface area contributed by atoms with Gasteiger partial charge in [-0.15, -0.1) is 11.6 Å². The van der Waals surface area contributed by atoms with Crippen molar-refractivity contribution in [3.05, 3.63) is 52.6 Å². The van der Waals surface area contributed by atoms with Crippen LogP contribution in [-0.4, -0.2) is 25.6 Å². The monoisotopic (exact) mass is 348 g/mol. The highest BCUT2D eigenvalue weighted by Gasteiger charge is 2.37. The van der Waals surface area contributed by atoms with Gasteiger partial charge in [-0.05, 0) is 24.6 Å². The van der Waals surface area contributed by atoms with Crippen LogP contribution in [0, 0.1) is 11.3 Å². The van der Waals surface area contributed by atoms with E-state index in [9.17, 15) is 10.1 Å². The predicted molar refractivity (Wildman–Crippen MR) is 88.0 cm³/mol. The lowest BCUT2D eigenvalue weighted by atomic mass is 9.83. The van der Waals surface area contributed by atoms with Gasteiger partial charge in [-0.25, -0.2) is 4.79 Å². The van der Waals surface area contributed by atoms with Crippen LogP contribution in [0.5, 0.6) is 5.75 Å². The summed E-state index contributed by atoms with van der Waals surface area (Å²) in [6.45, 7) is 1.88. The summed E-state index contributed by atoms with van der Waals surface area (Å²) in [5, 5.41) is 9.50. The van der Waals surface area contributed by atoms with E-state index in [1.807, 2.05) is 6.07 Å². The summed E-state index contributed by atoms with van der Waals surface area (Å²) in [5.74, 6) is -0.708. The van der Waals surface area contributed by atoms with E-state index in [1.165, 1.54) is 7.11 Å². The van der Waals surface area contributed by atoms with Crippen molar-refractivity contribution in [2.75, 3.05) is 19.6 Å². The highest BCUT2D eigenvalue weighted by molar-refractivity contribution is 6.19. The Morgan fingerprint density at radius 1 is 1.50 bits per heavy atom. The van der Waals surface area contributed by atoms with Crippen LogP contribution < -0.4 is 10.5 Å². The van der Waals surface area contributed by atoms with E-state index in [0.29, 0.717) is 11.3 Å². The normalized spacial score (nSPS) is 17.2. The molecule has 0 fully saturated rings. The Hall–Kier alpha value is -2.65. The smallest absolute Gasteiger partial charge is 0.338 e. The van der Waals surface area contributed by atoms with Crippen molar-refractivity contribution in [3.8, 4) is 11.8 Å². The van der Waals surface area contributed by atoms with Crippen LogP contribution in [0.1, 0.15) is 18.4 Å². The number of nitriles is 1. The number of hydrogen-bond donors (Lipinski definition) is 1. The molecule has 0 spiro atoms. The topological polar surface area (TPSA) is 94.6 Å². The molecular weight excluding hydrogens is 332 g/mol. The van der Waals surface area contributed by atoms with Crippen molar-refractivity contribution in [3.63, 3.8) is 0 Å². The molecule has 0 amide bonds. The first kappa shape index (κ1) is 17.7. The van der Waals surface area contributed by atoms with E-state index in [4.69, 9.17) is 31.5 Å². The van der Waals surface area contributed by atoms with Crippen LogP contribution in [0.15, 0.2) is 47.1 Å². The number of alkyl halides is 1. The molecule has 0 saturated carbocycles. The van der Waals surface area contributed by atoms with Crippen molar-refractivity contribution in [2.45, 2.75) is 12.8 Å². The minimum atomic E-state index is -0.730. The molecule has 0 aliphatic carbocycles. The number of hydrogen-bond acceptors (Lipinski definition) is 6. The van der Waals surface area contributed by atoms with Crippen molar-refractivity contribution in [2.24, 2.45) is 5.73 Å². The van der Waals surface area contributed by atoms with E-state index in [2.05, 4.69) is 0 Å². The highest BCUT2D eigenvalue weighted by Crippen LogP contribution is 2.40. The third-order valence-electron chi connectivity index (χ3n) is 3.54. The fourth-order valence-corrected chi connectivity index (χ4v) is 2.70. The van der Waals surface area contributed by atoms with E-state index in [-0.39, 0.29) is 35.3 Å². The van der Waals surface area contributed by atoms with Gasteiger partial charge in [-0.2, -0.15) is 5.26 Å². The molecule has 24 heavy (non-hydrogen) atoms. The van der Waals surface area contributed by atoms with Crippen LogP contribution in [0.25, 0.3) is 0 Å². The molecule has 6 nitrogen and oxygen atoms in total. The number of methoxy groups -OCH3 is 1. The lowest BCUT2D eigenvalue weighted by Gasteiger charge is -2.27. The first-order valence-electron chi connectivity index (χ1n) is 7.25. The standard InChI is InChI=1S/C17H17ClN2O4/c1-3-23-17(21)15-13(8-18)24-16(20)12(9-19)14(15)10-5-4-6-11(7-10)22-2/h4-7,14H,3,8,20H2,1-2H3. The van der Waals surface area contributed by atoms with Crippen LogP contribution in [0.4, 0.5) is 0 Å². The summed E-state index contributed by atoms with van der Waals surface area (Å²) >= 11 is 5.91. The maximum Gasteiger partial charge on any atom is 0.338 e. The Kier molecular flexibility index (Phi) is 5.72. The highest BCUT2D eigenvalue weighted by atomic mass is 35.5. The van der Waals surface area contributed by atoms with E-state index >= 15 is 0 Å². The second kappa shape index (κ2) is 7.75. The Morgan fingerprint density at radius 3 is 2.83 bits per heavy atom. The van der Waals surface area contributed by atoms with Gasteiger partial charge in [0, 0.05) is 0 Å². The Labute approximate surface area is 145 Å². The molecule has 1 aromatic carbocycles. The molecule has 2 rings (SSSR count). The zero-order chi connectivity index (χ0) is 17.7. The molecule has 1 aromatic rings. The number of nitrogens with two attached hydrogens (primary N) is 1. The van der Waals surface area contributed by atoms with Gasteiger partial charge in [0.2, 0.25) is 5.88 Å². The molecule has 7 heteroatoms. The largest absolute Gasteiger partial charge is 0.497 e. The van der Waals surface area contributed by atoms with Gasteiger partial charge >= 0.3 is 5.97 Å². The quantitative estimate of drug-likeness (QED) is 0.649. The Balaban J connectivity index is 2.65. The van der Waals surface area contributed by atoms with Crippen LogP contribution in [0.2, 0.25) is 0 Å². The van der Waals surface area contributed by atoms with E-state index in [0.717, 1.165) is 0 Å². The maximum absolute atomic E-state index is 12.5. The number of benzene rings is 1. The Bertz CT molecular complexity index is 749. The number of allylic oxidation sites excluding steroid dienone is 2. The van der Waals surface area contributed by atoms with E-state index < -0.39 is 11.9 Å². The molecule has 1 aliphatic heterocycles. The first-order chi connectivity index (χ1) is 11.6. The second-order valence-corrected chi connectivity index (χ2v) is 5.16. The second-order valence-electron chi connectivity index (χ2n) is 4.89. The zero-order valence-electron chi connectivity index (χ0n) is 13.3. The third-order valence-corrected chi connectivity index (χ3v) is 3.78. The summed E-state index contributed by atoms with van der Waals surface area (Å²) in [6.07, 6.45) is 0. The number of carbonyl (C=O) groups is 1. The van der Waals surface area contributed by atoms with Gasteiger partial charge in [0.05, 0.1) is 31.1 Å². The van der Waals surface area contributed by atoms with Crippen molar-refractivity contribution < 1.29 is 19.0 Å². The van der Waals surface area contributed by atoms with Crippen LogP contribution in [0.3, 0.4) is 0 Å². The van der Waals surface area contributed by atoms with E-state index in [1.54, 1.807) is 31.2 Å². The number of ether oxygens (including phenoxy) is 3. The molecular formula is C17H17ClN2O4. The summed E-state index contributed by atoms with van der Waals surface area (Å²) in [4.78, 5) is 12.5. The number of esters is 1. The summed E-state index contributed by atoms with van der Waals surface area (Å²) < 4.78 is 15.7. The summed E-state index contributed by atoms with van der Waals surface area (Å²) in [7, 11) is 1.53. The molecule has 0 aromatic heterocycles. The van der Waals surface area contributed by atoms with Crippen molar-refractivity contribution in [1.82, 2.24) is 0 Å². The molecule has 0 radical (unpaired) electrons. The zero-order valence-corrected chi connectivity index (χ0v) is 14.1. The van der Waals surface area contributed by atoms with Crippen molar-refractivity contribution >= 4 is 17.6 Å². The Morgan fingerprint density at radius 2 is 2.25 bits per heavy atom. The first-order valence-corrected chi connectivity index (χ1v) is 7.78. The van der Waals surface area contributed by atoms with Crippen LogP contribution in [-0.2, 0) is 14.3 Å². The van der Waals surface area contributed by atoms with Gasteiger partial charge in [0.1, 0.15) is 23.2 Å². The number of carbonyl (C=O) groups excluding carboxylic acids is 1. The van der Waals surface area contributed by atoms with Gasteiger partial charge < -0.3 is 19.9 Å². The molecule has 1 heterocycles. The average molecular weight is 349 g/mol. The fourth-order valence-electron chi connectivity index (χ4n) is 2.50. The molecule has 1 atom stereocenters. The SMILES string of the molecule is CCOC(=O)C1=C(CCl)OC(N)=C(C#N)C1c1cccc(OC)c1.